The van der Waals surface area contributed by atoms with Crippen LogP contribution in [0.2, 0.25) is 0 Å². The van der Waals surface area contributed by atoms with Crippen molar-refractivity contribution in [3.63, 3.8) is 0 Å². The Morgan fingerprint density at radius 2 is 0.561 bits per heavy atom. The Bertz CT molecular complexity index is 325. The highest BCUT2D eigenvalue weighted by atomic mass is 16.3. The molecule has 0 aromatic rings. The van der Waals surface area contributed by atoms with E-state index in [9.17, 15) is 4.79 Å². The zero-order valence-corrected chi connectivity index (χ0v) is 31.2. The first-order valence-corrected chi connectivity index (χ1v) is 18.9. The molecule has 0 fully saturated rings. The number of nitrogens with one attached hydrogen (secondary N) is 1. The third-order valence-corrected chi connectivity index (χ3v) is 6.24. The minimum absolute atomic E-state index is 0.211. The van der Waals surface area contributed by atoms with Crippen LogP contribution in [0.5, 0.6) is 0 Å². The lowest BCUT2D eigenvalue weighted by Gasteiger charge is -2.01. The van der Waals surface area contributed by atoms with Crippen molar-refractivity contribution >= 4 is 5.91 Å². The van der Waals surface area contributed by atoms with Crippen molar-refractivity contribution in [2.24, 2.45) is 0 Å². The first-order valence-electron chi connectivity index (χ1n) is 18.9. The Kier molecular flexibility index (Phi) is 87.0. The zero-order chi connectivity index (χ0) is 32.7. The maximum Gasteiger partial charge on any atom is 0.218 e. The van der Waals surface area contributed by atoms with Crippen molar-refractivity contribution in [1.29, 1.82) is 0 Å². The van der Waals surface area contributed by atoms with Crippen LogP contribution in [0, 0.1) is 0 Å². The van der Waals surface area contributed by atoms with Gasteiger partial charge in [-0.1, -0.05) is 230 Å². The molecular formula is C38H87NO2. The maximum absolute atomic E-state index is 9.77. The van der Waals surface area contributed by atoms with Gasteiger partial charge in [0.2, 0.25) is 5.91 Å². The van der Waals surface area contributed by atoms with Gasteiger partial charge < -0.3 is 10.4 Å². The Morgan fingerprint density at radius 3 is 0.634 bits per heavy atom. The molecule has 3 nitrogen and oxygen atoms in total. The summed E-state index contributed by atoms with van der Waals surface area (Å²) in [4.78, 5) is 9.77. The minimum Gasteiger partial charge on any atom is -0.377 e. The van der Waals surface area contributed by atoms with Crippen LogP contribution in [0.4, 0.5) is 0 Å². The minimum atomic E-state index is -0.269. The van der Waals surface area contributed by atoms with Gasteiger partial charge in [0.05, 0.1) is 0 Å². The fraction of sp³-hybridized carbons (Fsp3) is 0.974. The summed E-state index contributed by atoms with van der Waals surface area (Å²) in [6.07, 6.45) is 36.1. The van der Waals surface area contributed by atoms with Gasteiger partial charge in [0.25, 0.3) is 0 Å². The number of rotatable bonds is 23. The molecule has 3 heteroatoms. The van der Waals surface area contributed by atoms with Crippen LogP contribution in [0.3, 0.4) is 0 Å². The molecule has 0 bridgehead atoms. The van der Waals surface area contributed by atoms with Crippen LogP contribution in [-0.2, 0) is 4.79 Å². The number of carbonyl (C=O) groups is 1. The molecule has 0 spiro atoms. The van der Waals surface area contributed by atoms with Gasteiger partial charge in [0, 0.05) is 6.92 Å². The van der Waals surface area contributed by atoms with E-state index in [4.69, 9.17) is 5.11 Å². The number of amides is 1. The molecule has 0 radical (unpaired) electrons. The van der Waals surface area contributed by atoms with Crippen LogP contribution in [-0.4, -0.2) is 17.7 Å². The predicted molar refractivity (Wildman–Crippen MR) is 193 cm³/mol. The van der Waals surface area contributed by atoms with Crippen molar-refractivity contribution in [1.82, 2.24) is 5.32 Å². The van der Waals surface area contributed by atoms with E-state index in [0.29, 0.717) is 0 Å². The zero-order valence-electron chi connectivity index (χ0n) is 31.2. The molecule has 256 valence electrons. The second-order valence-corrected chi connectivity index (χ2v) is 10.7. The van der Waals surface area contributed by atoms with Crippen molar-refractivity contribution < 1.29 is 9.90 Å². The number of hydrogen-bond acceptors (Lipinski definition) is 2. The van der Waals surface area contributed by atoms with E-state index in [1.54, 1.807) is 0 Å². The van der Waals surface area contributed by atoms with E-state index in [2.05, 4.69) is 46.9 Å². The lowest BCUT2D eigenvalue weighted by Crippen LogP contribution is -2.19. The summed E-state index contributed by atoms with van der Waals surface area (Å²) >= 11 is 0. The molecule has 0 aromatic carbocycles. The van der Waals surface area contributed by atoms with Crippen LogP contribution in [0.15, 0.2) is 0 Å². The Labute approximate surface area is 264 Å². The molecule has 0 aliphatic carbocycles. The number of hydrogen-bond donors (Lipinski definition) is 2. The Hall–Kier alpha value is -0.570. The molecule has 0 heterocycles. The quantitative estimate of drug-likeness (QED) is 0.0919. The van der Waals surface area contributed by atoms with Gasteiger partial charge in [-0.05, 0) is 0 Å². The van der Waals surface area contributed by atoms with Gasteiger partial charge in [-0.2, -0.15) is 0 Å². The topological polar surface area (TPSA) is 49.3 Å². The van der Waals surface area contributed by atoms with E-state index in [0.717, 1.165) is 0 Å². The van der Waals surface area contributed by atoms with Crippen LogP contribution < -0.4 is 5.32 Å². The normalized spacial score (nSPS) is 9.17. The Morgan fingerprint density at radius 1 is 0.415 bits per heavy atom. The lowest BCUT2D eigenvalue weighted by atomic mass is 10.1. The first-order chi connectivity index (χ1) is 20.0. The summed E-state index contributed by atoms with van der Waals surface area (Å²) in [7, 11) is 0. The molecule has 0 atom stereocenters. The maximum atomic E-state index is 9.77. The standard InChI is InChI=1S/C15H32.C13H28.C3H7NO2.C3H8.2C2H6/c1-3-5-7-9-11-13-15-14-12-10-8-6-4-2;1-3-5-7-9-11-13-12-10-8-6-4-2;1-3(6)4-2-5;1-3-2;2*1-2/h3-15H2,1-2H3;3-13H2,1-2H3;5H,2H2,1H3,(H,4,6);3H2,1-2H3;2*1-2H3. The number of unbranched alkanes of at least 4 members (excludes halogenated alkanes) is 22. The molecule has 1 amide bonds. The molecule has 0 saturated heterocycles. The summed E-state index contributed by atoms with van der Waals surface area (Å²) in [5.41, 5.74) is 0. The van der Waals surface area contributed by atoms with E-state index in [-0.39, 0.29) is 12.6 Å². The van der Waals surface area contributed by atoms with E-state index in [1.165, 1.54) is 167 Å². The van der Waals surface area contributed by atoms with E-state index < -0.39 is 0 Å². The molecular weight excluding hydrogens is 502 g/mol. The summed E-state index contributed by atoms with van der Waals surface area (Å²) < 4.78 is 0. The van der Waals surface area contributed by atoms with Crippen molar-refractivity contribution in [3.8, 4) is 0 Å². The SMILES string of the molecule is CC.CC.CC(=O)NCO.CCC.CCCCCCCCCCCCC.CCCCCCCCCCCCCCC. The average molecular weight is 590 g/mol. The Balaban J connectivity index is -0.000000106. The fourth-order valence-electron chi connectivity index (χ4n) is 3.94. The van der Waals surface area contributed by atoms with Gasteiger partial charge in [0.1, 0.15) is 6.73 Å². The summed E-state index contributed by atoms with van der Waals surface area (Å²) in [6.45, 7) is 22.5. The number of aliphatic hydroxyl groups is 1. The molecule has 0 saturated carbocycles. The third kappa shape index (κ3) is 92.6. The highest BCUT2D eigenvalue weighted by Crippen LogP contribution is 2.12. The third-order valence-electron chi connectivity index (χ3n) is 6.24. The molecule has 2 N–H and O–H groups in total. The predicted octanol–water partition coefficient (Wildman–Crippen LogP) is 14.0. The van der Waals surface area contributed by atoms with Gasteiger partial charge >= 0.3 is 0 Å². The van der Waals surface area contributed by atoms with E-state index >= 15 is 0 Å². The first kappa shape index (κ1) is 53.0. The monoisotopic (exact) mass is 590 g/mol. The summed E-state index contributed by atoms with van der Waals surface area (Å²) in [6, 6.07) is 0. The average Bonchev–Trinajstić information content (AvgIpc) is 2.98. The second kappa shape index (κ2) is 67.2. The van der Waals surface area contributed by atoms with Crippen molar-refractivity contribution in [3.05, 3.63) is 0 Å². The molecule has 0 aliphatic heterocycles. The second-order valence-electron chi connectivity index (χ2n) is 10.7. The molecule has 41 heavy (non-hydrogen) atoms. The lowest BCUT2D eigenvalue weighted by molar-refractivity contribution is -0.120. The van der Waals surface area contributed by atoms with Crippen LogP contribution in [0.1, 0.15) is 237 Å². The van der Waals surface area contributed by atoms with Crippen LogP contribution >= 0.6 is 0 Å². The summed E-state index contributed by atoms with van der Waals surface area (Å²) in [5.74, 6) is -0.211. The summed E-state index contributed by atoms with van der Waals surface area (Å²) in [5, 5.41) is 10.0. The van der Waals surface area contributed by atoms with Gasteiger partial charge in [-0.3, -0.25) is 4.79 Å². The number of carbonyl (C=O) groups excluding carboxylic acids is 1. The smallest absolute Gasteiger partial charge is 0.218 e. The van der Waals surface area contributed by atoms with Gasteiger partial charge in [-0.25, -0.2) is 0 Å². The van der Waals surface area contributed by atoms with Gasteiger partial charge in [0.15, 0.2) is 0 Å². The number of aliphatic hydroxyl groups excluding tert-OH is 1. The molecule has 0 aromatic heterocycles. The van der Waals surface area contributed by atoms with Crippen molar-refractivity contribution in [2.45, 2.75) is 237 Å². The molecule has 0 aliphatic rings. The van der Waals surface area contributed by atoms with Crippen molar-refractivity contribution in [2.75, 3.05) is 6.73 Å². The van der Waals surface area contributed by atoms with Gasteiger partial charge in [-0.15, -0.1) is 0 Å². The fourth-order valence-corrected chi connectivity index (χ4v) is 3.94. The molecule has 0 rings (SSSR count). The highest BCUT2D eigenvalue weighted by Gasteiger charge is 1.93. The largest absolute Gasteiger partial charge is 0.377 e. The highest BCUT2D eigenvalue weighted by molar-refractivity contribution is 5.72. The molecule has 0 unspecified atom stereocenters. The van der Waals surface area contributed by atoms with Crippen LogP contribution in [0.25, 0.3) is 0 Å². The van der Waals surface area contributed by atoms with E-state index in [1.807, 2.05) is 27.7 Å².